The van der Waals surface area contributed by atoms with E-state index in [1.54, 1.807) is 0 Å². The maximum absolute atomic E-state index is 5.90. The summed E-state index contributed by atoms with van der Waals surface area (Å²) in [7, 11) is 0. The Balaban J connectivity index is 2.88. The summed E-state index contributed by atoms with van der Waals surface area (Å²) in [6, 6.07) is 3.77. The van der Waals surface area contributed by atoms with E-state index in [0.29, 0.717) is 10.7 Å². The molecule has 0 heterocycles. The molecule has 72 valence electrons. The highest BCUT2D eigenvalue weighted by Gasteiger charge is 2.01. The first-order chi connectivity index (χ1) is 6.15. The fourth-order valence-electron chi connectivity index (χ4n) is 1.15. The maximum atomic E-state index is 5.90. The van der Waals surface area contributed by atoms with Gasteiger partial charge in [-0.1, -0.05) is 18.5 Å². The fourth-order valence-corrected chi connectivity index (χ4v) is 1.32. The smallest absolute Gasteiger partial charge is 0.0656 e. The highest BCUT2D eigenvalue weighted by atomic mass is 35.5. The van der Waals surface area contributed by atoms with Crippen molar-refractivity contribution in [2.45, 2.75) is 20.3 Å². The number of nitrogens with one attached hydrogen (secondary N) is 1. The van der Waals surface area contributed by atoms with Crippen molar-refractivity contribution >= 4 is 23.0 Å². The van der Waals surface area contributed by atoms with Crippen LogP contribution in [0.4, 0.5) is 11.4 Å². The van der Waals surface area contributed by atoms with Crippen LogP contribution in [0.25, 0.3) is 0 Å². The van der Waals surface area contributed by atoms with Crippen LogP contribution in [0.15, 0.2) is 12.1 Å². The van der Waals surface area contributed by atoms with Gasteiger partial charge in [0.15, 0.2) is 0 Å². The van der Waals surface area contributed by atoms with Gasteiger partial charge in [-0.25, -0.2) is 0 Å². The molecule has 1 aromatic rings. The van der Waals surface area contributed by atoms with Crippen molar-refractivity contribution in [1.29, 1.82) is 0 Å². The molecule has 0 saturated heterocycles. The van der Waals surface area contributed by atoms with E-state index in [2.05, 4.69) is 12.2 Å². The third kappa shape index (κ3) is 2.52. The van der Waals surface area contributed by atoms with Gasteiger partial charge in [0.1, 0.15) is 0 Å². The SMILES string of the molecule is CCCNc1cc(Cl)c(N)cc1C. The van der Waals surface area contributed by atoms with Crippen molar-refractivity contribution in [1.82, 2.24) is 0 Å². The molecule has 0 aromatic heterocycles. The molecule has 1 aromatic carbocycles. The van der Waals surface area contributed by atoms with E-state index >= 15 is 0 Å². The molecule has 0 aliphatic carbocycles. The monoisotopic (exact) mass is 198 g/mol. The number of nitrogens with two attached hydrogens (primary N) is 1. The van der Waals surface area contributed by atoms with Gasteiger partial charge in [-0.3, -0.25) is 0 Å². The van der Waals surface area contributed by atoms with E-state index in [1.165, 1.54) is 0 Å². The van der Waals surface area contributed by atoms with Gasteiger partial charge in [-0.15, -0.1) is 0 Å². The van der Waals surface area contributed by atoms with Gasteiger partial charge in [0, 0.05) is 12.2 Å². The first kappa shape index (κ1) is 10.2. The summed E-state index contributed by atoms with van der Waals surface area (Å²) in [6.45, 7) is 5.10. The van der Waals surface area contributed by atoms with Crippen molar-refractivity contribution in [3.8, 4) is 0 Å². The summed E-state index contributed by atoms with van der Waals surface area (Å²) in [5, 5.41) is 3.91. The Morgan fingerprint density at radius 2 is 2.15 bits per heavy atom. The Hall–Kier alpha value is -0.890. The molecule has 0 fully saturated rings. The van der Waals surface area contributed by atoms with Crippen LogP contribution in [-0.4, -0.2) is 6.54 Å². The minimum absolute atomic E-state index is 0.615. The summed E-state index contributed by atoms with van der Waals surface area (Å²) >= 11 is 5.90. The number of hydrogen-bond donors (Lipinski definition) is 2. The third-order valence-corrected chi connectivity index (χ3v) is 2.24. The molecule has 0 saturated carbocycles. The maximum Gasteiger partial charge on any atom is 0.0656 e. The Bertz CT molecular complexity index is 297. The van der Waals surface area contributed by atoms with Gasteiger partial charge >= 0.3 is 0 Å². The second-order valence-electron chi connectivity index (χ2n) is 3.12. The minimum atomic E-state index is 0.615. The molecule has 0 aliphatic heterocycles. The largest absolute Gasteiger partial charge is 0.398 e. The molecular weight excluding hydrogens is 184 g/mol. The van der Waals surface area contributed by atoms with E-state index in [1.807, 2.05) is 19.1 Å². The van der Waals surface area contributed by atoms with Crippen LogP contribution in [0.2, 0.25) is 5.02 Å². The summed E-state index contributed by atoms with van der Waals surface area (Å²) in [6.07, 6.45) is 1.10. The Morgan fingerprint density at radius 3 is 2.77 bits per heavy atom. The van der Waals surface area contributed by atoms with Crippen LogP contribution in [0.3, 0.4) is 0 Å². The molecule has 0 unspecified atom stereocenters. The van der Waals surface area contributed by atoms with Crippen molar-refractivity contribution < 1.29 is 0 Å². The molecule has 0 spiro atoms. The predicted molar refractivity (Wildman–Crippen MR) is 59.4 cm³/mol. The van der Waals surface area contributed by atoms with Crippen LogP contribution < -0.4 is 11.1 Å². The molecule has 13 heavy (non-hydrogen) atoms. The lowest BCUT2D eigenvalue weighted by Gasteiger charge is -2.10. The van der Waals surface area contributed by atoms with Crippen LogP contribution in [0, 0.1) is 6.92 Å². The van der Waals surface area contributed by atoms with Gasteiger partial charge in [0.25, 0.3) is 0 Å². The summed E-state index contributed by atoms with van der Waals surface area (Å²) in [5.74, 6) is 0. The molecule has 2 nitrogen and oxygen atoms in total. The van der Waals surface area contributed by atoms with Crippen molar-refractivity contribution in [3.05, 3.63) is 22.7 Å². The molecule has 3 N–H and O–H groups in total. The van der Waals surface area contributed by atoms with Gasteiger partial charge < -0.3 is 11.1 Å². The number of nitrogen functional groups attached to an aromatic ring is 1. The summed E-state index contributed by atoms with van der Waals surface area (Å²) < 4.78 is 0. The second-order valence-corrected chi connectivity index (χ2v) is 3.52. The van der Waals surface area contributed by atoms with Crippen LogP contribution in [0.5, 0.6) is 0 Å². The zero-order valence-corrected chi connectivity index (χ0v) is 8.78. The zero-order valence-electron chi connectivity index (χ0n) is 8.02. The normalized spacial score (nSPS) is 10.1. The minimum Gasteiger partial charge on any atom is -0.398 e. The summed E-state index contributed by atoms with van der Waals surface area (Å²) in [5.41, 5.74) is 8.50. The molecule has 0 aliphatic rings. The van der Waals surface area contributed by atoms with E-state index in [0.717, 1.165) is 24.2 Å². The fraction of sp³-hybridized carbons (Fsp3) is 0.400. The molecular formula is C10H15ClN2. The average molecular weight is 199 g/mol. The summed E-state index contributed by atoms with van der Waals surface area (Å²) in [4.78, 5) is 0. The number of anilines is 2. The number of halogens is 1. The Labute approximate surface area is 84.1 Å². The van der Waals surface area contributed by atoms with Crippen molar-refractivity contribution in [2.75, 3.05) is 17.6 Å². The van der Waals surface area contributed by atoms with Crippen LogP contribution >= 0.6 is 11.6 Å². The predicted octanol–water partition coefficient (Wildman–Crippen LogP) is 3.05. The first-order valence-corrected chi connectivity index (χ1v) is 4.82. The third-order valence-electron chi connectivity index (χ3n) is 1.91. The quantitative estimate of drug-likeness (QED) is 0.733. The average Bonchev–Trinajstić information content (AvgIpc) is 2.09. The van der Waals surface area contributed by atoms with Crippen molar-refractivity contribution in [2.24, 2.45) is 0 Å². The van der Waals surface area contributed by atoms with Gasteiger partial charge in [0.05, 0.1) is 10.7 Å². The number of aryl methyl sites for hydroxylation is 1. The van der Waals surface area contributed by atoms with E-state index in [4.69, 9.17) is 17.3 Å². The van der Waals surface area contributed by atoms with Crippen molar-refractivity contribution in [3.63, 3.8) is 0 Å². The highest BCUT2D eigenvalue weighted by Crippen LogP contribution is 2.26. The molecule has 0 amide bonds. The van der Waals surface area contributed by atoms with Crippen LogP contribution in [0.1, 0.15) is 18.9 Å². The van der Waals surface area contributed by atoms with E-state index in [9.17, 15) is 0 Å². The lowest BCUT2D eigenvalue weighted by Crippen LogP contribution is -2.02. The highest BCUT2D eigenvalue weighted by molar-refractivity contribution is 6.33. The zero-order chi connectivity index (χ0) is 9.84. The Kier molecular flexibility index (Phi) is 3.43. The number of rotatable bonds is 3. The number of hydrogen-bond acceptors (Lipinski definition) is 2. The molecule has 0 radical (unpaired) electrons. The van der Waals surface area contributed by atoms with Crippen LogP contribution in [-0.2, 0) is 0 Å². The molecule has 1 rings (SSSR count). The number of benzene rings is 1. The topological polar surface area (TPSA) is 38.0 Å². The molecule has 0 bridgehead atoms. The van der Waals surface area contributed by atoms with Gasteiger partial charge in [-0.2, -0.15) is 0 Å². The molecule has 3 heteroatoms. The lowest BCUT2D eigenvalue weighted by molar-refractivity contribution is 0.977. The standard InChI is InChI=1S/C10H15ClN2/c1-3-4-13-10-6-8(11)9(12)5-7(10)2/h5-6,13H,3-4,12H2,1-2H3. The van der Waals surface area contributed by atoms with E-state index < -0.39 is 0 Å². The second kappa shape index (κ2) is 4.38. The van der Waals surface area contributed by atoms with E-state index in [-0.39, 0.29) is 0 Å². The lowest BCUT2D eigenvalue weighted by atomic mass is 10.2. The Morgan fingerprint density at radius 1 is 1.46 bits per heavy atom. The van der Waals surface area contributed by atoms with Gasteiger partial charge in [0.2, 0.25) is 0 Å². The van der Waals surface area contributed by atoms with Gasteiger partial charge in [-0.05, 0) is 31.0 Å². The molecule has 0 atom stereocenters. The first-order valence-electron chi connectivity index (χ1n) is 4.44.